The number of carbonyl (C=O) groups is 2. The Morgan fingerprint density at radius 3 is 2.58 bits per heavy atom. The summed E-state index contributed by atoms with van der Waals surface area (Å²) >= 11 is 0. The van der Waals surface area contributed by atoms with Crippen molar-refractivity contribution >= 4 is 17.5 Å². The molecule has 0 aliphatic rings. The molecule has 9 nitrogen and oxygen atoms in total. The lowest BCUT2D eigenvalue weighted by molar-refractivity contribution is -0.137. The van der Waals surface area contributed by atoms with Gasteiger partial charge in [-0.3, -0.25) is 14.3 Å². The van der Waals surface area contributed by atoms with Gasteiger partial charge in [-0.15, -0.1) is 0 Å². The van der Waals surface area contributed by atoms with Crippen LogP contribution in [-0.2, 0) is 19.5 Å². The number of aromatic nitrogens is 4. The first-order valence-electron chi connectivity index (χ1n) is 10.2. The third-order valence-electron chi connectivity index (χ3n) is 4.48. The molecular formula is C21H23F3N6O3. The lowest BCUT2D eigenvalue weighted by Gasteiger charge is -2.10. The van der Waals surface area contributed by atoms with Crippen LogP contribution in [0.5, 0.6) is 5.75 Å². The summed E-state index contributed by atoms with van der Waals surface area (Å²) in [6.07, 6.45) is -0.727. The van der Waals surface area contributed by atoms with Gasteiger partial charge in [0.15, 0.2) is 18.1 Å². The summed E-state index contributed by atoms with van der Waals surface area (Å²) in [6, 6.07) is 5.88. The van der Waals surface area contributed by atoms with E-state index in [2.05, 4.69) is 20.8 Å². The molecule has 0 saturated heterocycles. The third kappa shape index (κ3) is 6.11. The Balaban J connectivity index is 1.66. The maximum absolute atomic E-state index is 12.8. The fourth-order valence-electron chi connectivity index (χ4n) is 2.81. The molecule has 33 heavy (non-hydrogen) atoms. The fraction of sp³-hybridized carbons (Fsp3) is 0.333. The number of ether oxygens (including phenoxy) is 1. The first kappa shape index (κ1) is 23.8. The van der Waals surface area contributed by atoms with Gasteiger partial charge in [-0.25, -0.2) is 4.68 Å². The van der Waals surface area contributed by atoms with E-state index in [1.807, 2.05) is 13.8 Å². The summed E-state index contributed by atoms with van der Waals surface area (Å²) in [5.41, 5.74) is -0.463. The van der Waals surface area contributed by atoms with Gasteiger partial charge in [-0.1, -0.05) is 13.0 Å². The molecule has 2 aromatic heterocycles. The Morgan fingerprint density at radius 2 is 1.88 bits per heavy atom. The SMILES string of the molecule is CCCNC(=O)c1nn(CC)cc1NC(=O)c1ccn(COc2cccc(C(F)(F)F)c2)n1. The second kappa shape index (κ2) is 10.2. The minimum absolute atomic E-state index is 0.0149. The zero-order valence-corrected chi connectivity index (χ0v) is 18.0. The molecule has 1 aromatic carbocycles. The zero-order chi connectivity index (χ0) is 24.0. The molecule has 12 heteroatoms. The largest absolute Gasteiger partial charge is 0.471 e. The maximum Gasteiger partial charge on any atom is 0.416 e. The zero-order valence-electron chi connectivity index (χ0n) is 18.0. The predicted molar refractivity (Wildman–Crippen MR) is 113 cm³/mol. The van der Waals surface area contributed by atoms with Gasteiger partial charge in [0, 0.05) is 25.5 Å². The van der Waals surface area contributed by atoms with E-state index in [4.69, 9.17) is 4.74 Å². The summed E-state index contributed by atoms with van der Waals surface area (Å²) in [4.78, 5) is 25.0. The van der Waals surface area contributed by atoms with E-state index in [9.17, 15) is 22.8 Å². The number of carbonyl (C=O) groups excluding carboxylic acids is 2. The second-order valence-corrected chi connectivity index (χ2v) is 7.00. The van der Waals surface area contributed by atoms with Crippen LogP contribution in [0, 0.1) is 0 Å². The highest BCUT2D eigenvalue weighted by Crippen LogP contribution is 2.31. The molecule has 0 spiro atoms. The van der Waals surface area contributed by atoms with E-state index < -0.39 is 23.6 Å². The van der Waals surface area contributed by atoms with E-state index in [0.717, 1.165) is 18.6 Å². The van der Waals surface area contributed by atoms with E-state index >= 15 is 0 Å². The number of hydrogen-bond acceptors (Lipinski definition) is 5. The van der Waals surface area contributed by atoms with Gasteiger partial charge in [-0.2, -0.15) is 23.4 Å². The van der Waals surface area contributed by atoms with Crippen molar-refractivity contribution in [1.29, 1.82) is 0 Å². The van der Waals surface area contributed by atoms with Crippen LogP contribution in [0.2, 0.25) is 0 Å². The van der Waals surface area contributed by atoms with E-state index in [1.165, 1.54) is 33.8 Å². The monoisotopic (exact) mass is 464 g/mol. The Labute approximate surface area is 187 Å². The van der Waals surface area contributed by atoms with Crippen molar-refractivity contribution in [1.82, 2.24) is 24.9 Å². The summed E-state index contributed by atoms with van der Waals surface area (Å²) in [5.74, 6) is -0.964. The highest BCUT2D eigenvalue weighted by atomic mass is 19.4. The summed E-state index contributed by atoms with van der Waals surface area (Å²) in [5, 5.41) is 13.6. The van der Waals surface area contributed by atoms with Crippen LogP contribution in [0.25, 0.3) is 0 Å². The van der Waals surface area contributed by atoms with Crippen molar-refractivity contribution in [2.75, 3.05) is 11.9 Å². The average Bonchev–Trinajstić information content (AvgIpc) is 3.43. The van der Waals surface area contributed by atoms with Crippen LogP contribution in [0.15, 0.2) is 42.7 Å². The highest BCUT2D eigenvalue weighted by molar-refractivity contribution is 6.07. The maximum atomic E-state index is 12.8. The number of aryl methyl sites for hydroxylation is 1. The Bertz CT molecular complexity index is 1120. The van der Waals surface area contributed by atoms with Crippen LogP contribution < -0.4 is 15.4 Å². The molecule has 0 aliphatic heterocycles. The van der Waals surface area contributed by atoms with Crippen LogP contribution in [-0.4, -0.2) is 37.9 Å². The van der Waals surface area contributed by atoms with Crippen molar-refractivity contribution < 1.29 is 27.5 Å². The van der Waals surface area contributed by atoms with Crippen LogP contribution in [0.1, 0.15) is 46.8 Å². The summed E-state index contributed by atoms with van der Waals surface area (Å²) < 4.78 is 46.6. The molecule has 176 valence electrons. The third-order valence-corrected chi connectivity index (χ3v) is 4.48. The highest BCUT2D eigenvalue weighted by Gasteiger charge is 2.30. The smallest absolute Gasteiger partial charge is 0.416 e. The van der Waals surface area contributed by atoms with Crippen molar-refractivity contribution in [2.24, 2.45) is 0 Å². The summed E-state index contributed by atoms with van der Waals surface area (Å²) in [7, 11) is 0. The molecule has 3 aromatic rings. The quantitative estimate of drug-likeness (QED) is 0.504. The van der Waals surface area contributed by atoms with Gasteiger partial charge in [0.1, 0.15) is 5.75 Å². The summed E-state index contributed by atoms with van der Waals surface area (Å²) in [6.45, 7) is 4.54. The number of nitrogens with zero attached hydrogens (tertiary/aromatic N) is 4. The van der Waals surface area contributed by atoms with E-state index in [1.54, 1.807) is 6.20 Å². The number of hydrogen-bond donors (Lipinski definition) is 2. The van der Waals surface area contributed by atoms with E-state index in [-0.39, 0.29) is 29.6 Å². The molecule has 0 atom stereocenters. The average molecular weight is 464 g/mol. The predicted octanol–water partition coefficient (Wildman–Crippen LogP) is 3.55. The number of anilines is 1. The number of alkyl halides is 3. The topological polar surface area (TPSA) is 103 Å². The number of halogens is 3. The second-order valence-electron chi connectivity index (χ2n) is 7.00. The molecule has 0 fully saturated rings. The van der Waals surface area contributed by atoms with Crippen LogP contribution in [0.4, 0.5) is 18.9 Å². The number of amides is 2. The van der Waals surface area contributed by atoms with Crippen LogP contribution in [0.3, 0.4) is 0 Å². The van der Waals surface area contributed by atoms with Gasteiger partial charge in [-0.05, 0) is 37.6 Å². The van der Waals surface area contributed by atoms with Gasteiger partial charge >= 0.3 is 6.18 Å². The number of benzene rings is 1. The molecular weight excluding hydrogens is 441 g/mol. The Morgan fingerprint density at radius 1 is 1.09 bits per heavy atom. The number of rotatable bonds is 9. The van der Waals surface area contributed by atoms with Crippen LogP contribution >= 0.6 is 0 Å². The van der Waals surface area contributed by atoms with Crippen molar-refractivity contribution in [3.8, 4) is 5.75 Å². The van der Waals surface area contributed by atoms with Crippen molar-refractivity contribution in [3.63, 3.8) is 0 Å². The lowest BCUT2D eigenvalue weighted by Crippen LogP contribution is -2.26. The number of nitrogens with one attached hydrogen (secondary N) is 2. The molecule has 2 amide bonds. The minimum atomic E-state index is -4.48. The van der Waals surface area contributed by atoms with Gasteiger partial charge in [0.2, 0.25) is 0 Å². The molecule has 0 radical (unpaired) electrons. The van der Waals surface area contributed by atoms with Gasteiger partial charge in [0.05, 0.1) is 11.3 Å². The minimum Gasteiger partial charge on any atom is -0.471 e. The Hall–Kier alpha value is -3.83. The molecule has 2 heterocycles. The van der Waals surface area contributed by atoms with E-state index in [0.29, 0.717) is 13.1 Å². The normalized spacial score (nSPS) is 11.3. The first-order chi connectivity index (χ1) is 15.7. The molecule has 0 aliphatic carbocycles. The lowest BCUT2D eigenvalue weighted by atomic mass is 10.2. The molecule has 2 N–H and O–H groups in total. The molecule has 3 rings (SSSR count). The van der Waals surface area contributed by atoms with Crippen molar-refractivity contribution in [3.05, 3.63) is 59.7 Å². The van der Waals surface area contributed by atoms with Gasteiger partial charge < -0.3 is 15.4 Å². The van der Waals surface area contributed by atoms with Crippen molar-refractivity contribution in [2.45, 2.75) is 39.7 Å². The molecule has 0 bridgehead atoms. The first-order valence-corrected chi connectivity index (χ1v) is 10.2. The standard InChI is InChI=1S/C21H23F3N6O3/c1-3-9-25-20(32)18-17(12-29(4-2)28-18)26-19(31)16-8-10-30(27-16)13-33-15-7-5-6-14(11-15)21(22,23)24/h5-8,10-12H,3-4,9,13H2,1-2H3,(H,25,32)(H,26,31). The Kier molecular flexibility index (Phi) is 7.36. The molecule has 0 saturated carbocycles. The molecule has 0 unspecified atom stereocenters. The fourth-order valence-corrected chi connectivity index (χ4v) is 2.81. The van der Waals surface area contributed by atoms with Gasteiger partial charge in [0.25, 0.3) is 11.8 Å².